The molecule has 0 radical (unpaired) electrons. The fourth-order valence-corrected chi connectivity index (χ4v) is 2.41. The SMILES string of the molecule is CCN(c1cccc(C)c1)c1nc(C)cc(NCCN(C)C)n1. The normalized spacial score (nSPS) is 10.9. The van der Waals surface area contributed by atoms with Gasteiger partial charge in [-0.25, -0.2) is 4.98 Å². The fraction of sp³-hybridized carbons (Fsp3) is 0.444. The van der Waals surface area contributed by atoms with Crippen LogP contribution in [0.2, 0.25) is 0 Å². The summed E-state index contributed by atoms with van der Waals surface area (Å²) in [5, 5.41) is 3.38. The lowest BCUT2D eigenvalue weighted by atomic mass is 10.2. The lowest BCUT2D eigenvalue weighted by molar-refractivity contribution is 0.425. The van der Waals surface area contributed by atoms with Crippen LogP contribution < -0.4 is 10.2 Å². The Labute approximate surface area is 139 Å². The highest BCUT2D eigenvalue weighted by molar-refractivity contribution is 5.59. The van der Waals surface area contributed by atoms with E-state index in [0.29, 0.717) is 0 Å². The summed E-state index contributed by atoms with van der Waals surface area (Å²) in [7, 11) is 4.13. The molecule has 2 aromatic rings. The van der Waals surface area contributed by atoms with Gasteiger partial charge in [-0.15, -0.1) is 0 Å². The van der Waals surface area contributed by atoms with Crippen molar-refractivity contribution in [3.8, 4) is 0 Å². The lowest BCUT2D eigenvalue weighted by Crippen LogP contribution is -2.23. The molecule has 0 atom stereocenters. The van der Waals surface area contributed by atoms with Gasteiger partial charge in [0.25, 0.3) is 0 Å². The van der Waals surface area contributed by atoms with E-state index < -0.39 is 0 Å². The Morgan fingerprint density at radius 2 is 1.87 bits per heavy atom. The summed E-state index contributed by atoms with van der Waals surface area (Å²) in [5.74, 6) is 1.62. The molecule has 0 saturated carbocycles. The molecule has 23 heavy (non-hydrogen) atoms. The molecule has 2 rings (SSSR count). The van der Waals surface area contributed by atoms with Gasteiger partial charge in [0.05, 0.1) is 0 Å². The Hall–Kier alpha value is -2.14. The minimum atomic E-state index is 0.741. The van der Waals surface area contributed by atoms with Gasteiger partial charge in [-0.3, -0.25) is 0 Å². The predicted octanol–water partition coefficient (Wildman–Crippen LogP) is 3.22. The quantitative estimate of drug-likeness (QED) is 0.850. The number of nitrogens with one attached hydrogen (secondary N) is 1. The highest BCUT2D eigenvalue weighted by Gasteiger charge is 2.12. The van der Waals surface area contributed by atoms with Crippen LogP contribution in [0.4, 0.5) is 17.5 Å². The van der Waals surface area contributed by atoms with Crippen molar-refractivity contribution in [1.29, 1.82) is 0 Å². The van der Waals surface area contributed by atoms with Crippen LogP contribution in [0.5, 0.6) is 0 Å². The number of rotatable bonds is 7. The van der Waals surface area contributed by atoms with E-state index in [1.807, 2.05) is 13.0 Å². The van der Waals surface area contributed by atoms with Crippen LogP contribution in [0.1, 0.15) is 18.2 Å². The maximum Gasteiger partial charge on any atom is 0.232 e. The first-order valence-electron chi connectivity index (χ1n) is 8.08. The van der Waals surface area contributed by atoms with E-state index in [9.17, 15) is 0 Å². The van der Waals surface area contributed by atoms with Crippen molar-refractivity contribution in [1.82, 2.24) is 14.9 Å². The Balaban J connectivity index is 2.24. The topological polar surface area (TPSA) is 44.3 Å². The fourth-order valence-electron chi connectivity index (χ4n) is 2.41. The van der Waals surface area contributed by atoms with Crippen LogP contribution in [0.3, 0.4) is 0 Å². The third-order valence-electron chi connectivity index (χ3n) is 3.58. The van der Waals surface area contributed by atoms with Gasteiger partial charge in [0.1, 0.15) is 5.82 Å². The van der Waals surface area contributed by atoms with Crippen LogP contribution >= 0.6 is 0 Å². The molecule has 1 N–H and O–H groups in total. The second-order valence-corrected chi connectivity index (χ2v) is 6.01. The van der Waals surface area contributed by atoms with E-state index in [0.717, 1.165) is 42.8 Å². The molecule has 1 aromatic heterocycles. The first-order chi connectivity index (χ1) is 11.0. The van der Waals surface area contributed by atoms with E-state index in [-0.39, 0.29) is 0 Å². The third kappa shape index (κ3) is 4.93. The second kappa shape index (κ2) is 7.92. The number of likely N-dealkylation sites (N-methyl/N-ethyl adjacent to an activating group) is 1. The average molecular weight is 313 g/mol. The molecule has 1 heterocycles. The minimum absolute atomic E-state index is 0.741. The summed E-state index contributed by atoms with van der Waals surface area (Å²) in [5.41, 5.74) is 3.32. The number of hydrogen-bond donors (Lipinski definition) is 1. The van der Waals surface area contributed by atoms with Gasteiger partial charge in [0.2, 0.25) is 5.95 Å². The zero-order chi connectivity index (χ0) is 16.8. The van der Waals surface area contributed by atoms with Crippen molar-refractivity contribution in [2.45, 2.75) is 20.8 Å². The third-order valence-corrected chi connectivity index (χ3v) is 3.58. The number of aromatic nitrogens is 2. The predicted molar refractivity (Wildman–Crippen MR) is 97.7 cm³/mol. The molecule has 0 aliphatic carbocycles. The van der Waals surface area contributed by atoms with Crippen LogP contribution in [-0.2, 0) is 0 Å². The second-order valence-electron chi connectivity index (χ2n) is 6.01. The van der Waals surface area contributed by atoms with Crippen molar-refractivity contribution in [2.24, 2.45) is 0 Å². The molecule has 0 aliphatic heterocycles. The molecular formula is C18H27N5. The van der Waals surface area contributed by atoms with E-state index in [1.165, 1.54) is 5.56 Å². The zero-order valence-electron chi connectivity index (χ0n) is 14.8. The van der Waals surface area contributed by atoms with Gasteiger partial charge in [0, 0.05) is 37.1 Å². The maximum absolute atomic E-state index is 4.69. The maximum atomic E-state index is 4.69. The molecule has 0 fully saturated rings. The standard InChI is InChI=1S/C18H27N5/c1-6-23(16-9-7-8-14(2)12-16)18-20-15(3)13-17(21-18)19-10-11-22(4)5/h7-9,12-13H,6,10-11H2,1-5H3,(H,19,20,21). The number of nitrogens with zero attached hydrogens (tertiary/aromatic N) is 4. The average Bonchev–Trinajstić information content (AvgIpc) is 2.47. The van der Waals surface area contributed by atoms with Gasteiger partial charge >= 0.3 is 0 Å². The highest BCUT2D eigenvalue weighted by Crippen LogP contribution is 2.24. The first kappa shape index (κ1) is 17.2. The summed E-state index contributed by atoms with van der Waals surface area (Å²) in [4.78, 5) is 13.6. The van der Waals surface area contributed by atoms with Crippen molar-refractivity contribution in [3.05, 3.63) is 41.6 Å². The molecule has 0 bridgehead atoms. The largest absolute Gasteiger partial charge is 0.369 e. The van der Waals surface area contributed by atoms with Gasteiger partial charge in [-0.1, -0.05) is 12.1 Å². The minimum Gasteiger partial charge on any atom is -0.369 e. The molecule has 124 valence electrons. The summed E-state index contributed by atoms with van der Waals surface area (Å²) < 4.78 is 0. The molecule has 0 aliphatic rings. The van der Waals surface area contributed by atoms with E-state index in [2.05, 4.69) is 72.3 Å². The molecule has 0 unspecified atom stereocenters. The first-order valence-corrected chi connectivity index (χ1v) is 8.08. The van der Waals surface area contributed by atoms with E-state index in [4.69, 9.17) is 4.98 Å². The Kier molecular flexibility index (Phi) is 5.93. The Morgan fingerprint density at radius 1 is 1.09 bits per heavy atom. The van der Waals surface area contributed by atoms with Gasteiger partial charge < -0.3 is 15.1 Å². The molecule has 5 nitrogen and oxygen atoms in total. The van der Waals surface area contributed by atoms with Crippen LogP contribution in [0.15, 0.2) is 30.3 Å². The number of anilines is 3. The van der Waals surface area contributed by atoms with Gasteiger partial charge in [-0.05, 0) is 52.6 Å². The summed E-state index contributed by atoms with van der Waals surface area (Å²) in [6, 6.07) is 10.4. The summed E-state index contributed by atoms with van der Waals surface area (Å²) in [6.07, 6.45) is 0. The molecular weight excluding hydrogens is 286 g/mol. The number of benzene rings is 1. The number of hydrogen-bond acceptors (Lipinski definition) is 5. The van der Waals surface area contributed by atoms with Gasteiger partial charge in [0.15, 0.2) is 0 Å². The Bertz CT molecular complexity index is 639. The smallest absolute Gasteiger partial charge is 0.232 e. The van der Waals surface area contributed by atoms with Crippen molar-refractivity contribution >= 4 is 17.5 Å². The van der Waals surface area contributed by atoms with Crippen molar-refractivity contribution < 1.29 is 0 Å². The van der Waals surface area contributed by atoms with Crippen LogP contribution in [-0.4, -0.2) is 48.6 Å². The lowest BCUT2D eigenvalue weighted by Gasteiger charge is -2.22. The summed E-state index contributed by atoms with van der Waals surface area (Å²) >= 11 is 0. The van der Waals surface area contributed by atoms with E-state index >= 15 is 0 Å². The molecule has 5 heteroatoms. The highest BCUT2D eigenvalue weighted by atomic mass is 15.3. The van der Waals surface area contributed by atoms with Crippen molar-refractivity contribution in [3.63, 3.8) is 0 Å². The monoisotopic (exact) mass is 313 g/mol. The summed E-state index contributed by atoms with van der Waals surface area (Å²) in [6.45, 7) is 8.87. The van der Waals surface area contributed by atoms with E-state index in [1.54, 1.807) is 0 Å². The Morgan fingerprint density at radius 3 is 2.52 bits per heavy atom. The molecule has 0 saturated heterocycles. The van der Waals surface area contributed by atoms with Crippen LogP contribution in [0, 0.1) is 13.8 Å². The number of aryl methyl sites for hydroxylation is 2. The molecule has 1 aromatic carbocycles. The molecule has 0 amide bonds. The van der Waals surface area contributed by atoms with Gasteiger partial charge in [-0.2, -0.15) is 4.98 Å². The van der Waals surface area contributed by atoms with Crippen molar-refractivity contribution in [2.75, 3.05) is 43.9 Å². The molecule has 0 spiro atoms. The van der Waals surface area contributed by atoms with Crippen LogP contribution in [0.25, 0.3) is 0 Å². The zero-order valence-corrected chi connectivity index (χ0v) is 14.8.